The molecule has 0 saturated carbocycles. The second-order valence-corrected chi connectivity index (χ2v) is 3.49. The zero-order valence-corrected chi connectivity index (χ0v) is 6.15. The Morgan fingerprint density at radius 3 is 2.33 bits per heavy atom. The highest BCUT2D eigenvalue weighted by Crippen LogP contribution is 2.44. The Kier molecular flexibility index (Phi) is 2.88. The maximum atomic E-state index is 11.7. The molecule has 0 fully saturated rings. The number of hydrogen-bond donors (Lipinski definition) is 0. The fourth-order valence-corrected chi connectivity index (χ4v) is 0.652. The van der Waals surface area contributed by atoms with Gasteiger partial charge in [-0.25, -0.2) is 4.57 Å². The molecule has 3 nitrogen and oxygen atoms in total. The highest BCUT2D eigenvalue weighted by Gasteiger charge is 2.15. The first-order valence-corrected chi connectivity index (χ1v) is 4.14. The topological polar surface area (TPSA) is 35.5 Å². The van der Waals surface area contributed by atoms with Crippen molar-refractivity contribution in [1.82, 2.24) is 0 Å². The van der Waals surface area contributed by atoms with Gasteiger partial charge >= 0.3 is 7.60 Å². The third-order valence-electron chi connectivity index (χ3n) is 0.597. The van der Waals surface area contributed by atoms with Gasteiger partial charge in [0.25, 0.3) is 6.01 Å². The molecule has 54 valence electrons. The van der Waals surface area contributed by atoms with E-state index in [9.17, 15) is 8.96 Å². The first kappa shape index (κ1) is 8.66. The van der Waals surface area contributed by atoms with E-state index in [0.29, 0.717) is 0 Å². The third-order valence-corrected chi connectivity index (χ3v) is 1.79. The minimum atomic E-state index is -3.20. The molecule has 1 atom stereocenters. The van der Waals surface area contributed by atoms with E-state index >= 15 is 0 Å². The van der Waals surface area contributed by atoms with Crippen LogP contribution in [0.2, 0.25) is 0 Å². The van der Waals surface area contributed by atoms with Crippen LogP contribution in [0, 0.1) is 0 Å². The molecule has 5 heteroatoms. The molecule has 0 spiro atoms. The second kappa shape index (κ2) is 2.99. The number of halogens is 1. The number of rotatable bonds is 3. The van der Waals surface area contributed by atoms with Crippen molar-refractivity contribution in [1.29, 1.82) is 0 Å². The lowest BCUT2D eigenvalue weighted by molar-refractivity contribution is 0.240. The van der Waals surface area contributed by atoms with Gasteiger partial charge in [-0.05, 0) is 6.58 Å². The summed E-state index contributed by atoms with van der Waals surface area (Å²) in [5.74, 6) is 0. The largest absolute Gasteiger partial charge is 0.398 e. The van der Waals surface area contributed by atoms with E-state index in [0.717, 1.165) is 6.66 Å². The molecule has 0 rings (SSSR count). The molecular formula is C4H8FO3P. The van der Waals surface area contributed by atoms with Gasteiger partial charge in [-0.2, -0.15) is 4.39 Å². The van der Waals surface area contributed by atoms with Gasteiger partial charge in [0.05, 0.1) is 0 Å². The van der Waals surface area contributed by atoms with Crippen LogP contribution < -0.4 is 0 Å². The van der Waals surface area contributed by atoms with Crippen LogP contribution in [0.25, 0.3) is 0 Å². The van der Waals surface area contributed by atoms with Crippen LogP contribution in [-0.4, -0.2) is 13.8 Å². The molecule has 9 heavy (non-hydrogen) atoms. The van der Waals surface area contributed by atoms with Crippen LogP contribution in [0.15, 0.2) is 12.6 Å². The standard InChI is InChI=1S/C4H8FO3P/c1-4(5)8-9(3,6)7-2/h1H2,2-3H3. The lowest BCUT2D eigenvalue weighted by Crippen LogP contribution is -1.85. The summed E-state index contributed by atoms with van der Waals surface area (Å²) < 4.78 is 30.7. The molecule has 0 aliphatic carbocycles. The van der Waals surface area contributed by atoms with Gasteiger partial charge in [-0.15, -0.1) is 0 Å². The molecule has 0 aliphatic heterocycles. The van der Waals surface area contributed by atoms with Crippen LogP contribution in [-0.2, 0) is 13.6 Å². The van der Waals surface area contributed by atoms with Gasteiger partial charge in [0.15, 0.2) is 0 Å². The van der Waals surface area contributed by atoms with Gasteiger partial charge in [0.1, 0.15) is 0 Å². The number of hydrogen-bond acceptors (Lipinski definition) is 3. The van der Waals surface area contributed by atoms with Gasteiger partial charge < -0.3 is 9.05 Å². The van der Waals surface area contributed by atoms with Crippen LogP contribution in [0.5, 0.6) is 0 Å². The fourth-order valence-electron chi connectivity index (χ4n) is 0.217. The van der Waals surface area contributed by atoms with E-state index < -0.39 is 13.6 Å². The minimum Gasteiger partial charge on any atom is -0.398 e. The van der Waals surface area contributed by atoms with Crippen LogP contribution in [0.3, 0.4) is 0 Å². The quantitative estimate of drug-likeness (QED) is 0.460. The first-order chi connectivity index (χ1) is 3.98. The van der Waals surface area contributed by atoms with Crippen LogP contribution in [0.1, 0.15) is 0 Å². The van der Waals surface area contributed by atoms with Crippen molar-refractivity contribution in [3.05, 3.63) is 12.6 Å². The normalized spacial score (nSPS) is 16.3. The minimum absolute atomic E-state index is 1.09. The van der Waals surface area contributed by atoms with E-state index in [2.05, 4.69) is 15.6 Å². The predicted molar refractivity (Wildman–Crippen MR) is 31.9 cm³/mol. The van der Waals surface area contributed by atoms with Gasteiger partial charge in [0, 0.05) is 13.8 Å². The zero-order valence-electron chi connectivity index (χ0n) is 5.26. The molecule has 0 aliphatic rings. The van der Waals surface area contributed by atoms with Crippen molar-refractivity contribution in [3.63, 3.8) is 0 Å². The Morgan fingerprint density at radius 1 is 1.78 bits per heavy atom. The zero-order chi connectivity index (χ0) is 7.49. The molecule has 1 unspecified atom stereocenters. The maximum absolute atomic E-state index is 11.7. The molecule has 0 amide bonds. The Labute approximate surface area is 53.0 Å². The van der Waals surface area contributed by atoms with E-state index in [4.69, 9.17) is 0 Å². The molecule has 0 saturated heterocycles. The molecule has 0 aromatic carbocycles. The third kappa shape index (κ3) is 4.18. The molecule has 0 N–H and O–H groups in total. The van der Waals surface area contributed by atoms with Gasteiger partial charge in [-0.3, -0.25) is 0 Å². The average molecular weight is 154 g/mol. The molecule has 0 aromatic heterocycles. The highest BCUT2D eigenvalue weighted by atomic mass is 31.2. The van der Waals surface area contributed by atoms with Crippen LogP contribution >= 0.6 is 7.60 Å². The predicted octanol–water partition coefficient (Wildman–Crippen LogP) is 1.91. The second-order valence-electron chi connectivity index (χ2n) is 1.40. The van der Waals surface area contributed by atoms with E-state index in [1.54, 1.807) is 0 Å². The Bertz CT molecular complexity index is 156. The van der Waals surface area contributed by atoms with Crippen molar-refractivity contribution in [2.24, 2.45) is 0 Å². The summed E-state index contributed by atoms with van der Waals surface area (Å²) in [4.78, 5) is 0. The summed E-state index contributed by atoms with van der Waals surface area (Å²) >= 11 is 0. The summed E-state index contributed by atoms with van der Waals surface area (Å²) in [6, 6.07) is -1.09. The van der Waals surface area contributed by atoms with Crippen molar-refractivity contribution in [2.45, 2.75) is 0 Å². The smallest absolute Gasteiger partial charge is 0.377 e. The molecule has 0 heterocycles. The summed E-state index contributed by atoms with van der Waals surface area (Å²) in [7, 11) is -2.03. The Hall–Kier alpha value is -0.340. The van der Waals surface area contributed by atoms with Crippen molar-refractivity contribution in [3.8, 4) is 0 Å². The lowest BCUT2D eigenvalue weighted by Gasteiger charge is -2.08. The Balaban J connectivity index is 3.88. The van der Waals surface area contributed by atoms with Crippen molar-refractivity contribution < 1.29 is 18.0 Å². The molecular weight excluding hydrogens is 146 g/mol. The molecule has 0 aromatic rings. The van der Waals surface area contributed by atoms with E-state index in [-0.39, 0.29) is 0 Å². The molecule has 0 radical (unpaired) electrons. The van der Waals surface area contributed by atoms with Gasteiger partial charge in [0.2, 0.25) is 0 Å². The van der Waals surface area contributed by atoms with Crippen LogP contribution in [0.4, 0.5) is 4.39 Å². The molecule has 0 bridgehead atoms. The summed E-state index contributed by atoms with van der Waals surface area (Å²) in [5.41, 5.74) is 0. The van der Waals surface area contributed by atoms with Gasteiger partial charge in [-0.1, -0.05) is 0 Å². The fraction of sp³-hybridized carbons (Fsp3) is 0.500. The first-order valence-electron chi connectivity index (χ1n) is 2.15. The monoisotopic (exact) mass is 154 g/mol. The lowest BCUT2D eigenvalue weighted by atomic mass is 11.1. The highest BCUT2D eigenvalue weighted by molar-refractivity contribution is 7.53. The summed E-state index contributed by atoms with van der Waals surface area (Å²) in [6.45, 7) is 3.90. The maximum Gasteiger partial charge on any atom is 0.377 e. The van der Waals surface area contributed by atoms with E-state index in [1.165, 1.54) is 7.11 Å². The van der Waals surface area contributed by atoms with E-state index in [1.807, 2.05) is 0 Å². The Morgan fingerprint density at radius 2 is 2.22 bits per heavy atom. The van der Waals surface area contributed by atoms with Crippen molar-refractivity contribution in [2.75, 3.05) is 13.8 Å². The SMILES string of the molecule is C=C(F)OP(C)(=O)OC. The summed E-state index contributed by atoms with van der Waals surface area (Å²) in [5, 5.41) is 0. The van der Waals surface area contributed by atoms with Crippen molar-refractivity contribution >= 4 is 7.60 Å². The average Bonchev–Trinajstić information content (AvgIpc) is 1.63. The summed E-state index contributed by atoms with van der Waals surface area (Å²) in [6.07, 6.45) is 0.